The number of nitrogens with zero attached hydrogens (tertiary/aromatic N) is 1. The number of carbonyl (C=O) groups is 1. The number of benzene rings is 1. The van der Waals surface area contributed by atoms with Gasteiger partial charge in [-0.3, -0.25) is 4.79 Å². The molecule has 0 saturated heterocycles. The molecule has 0 aliphatic heterocycles. The van der Waals surface area contributed by atoms with Crippen molar-refractivity contribution in [3.63, 3.8) is 0 Å². The van der Waals surface area contributed by atoms with E-state index in [1.54, 1.807) is 12.1 Å². The first-order valence-electron chi connectivity index (χ1n) is 5.32. The Labute approximate surface area is 108 Å². The molecule has 0 N–H and O–H groups in total. The molecule has 1 aromatic carbocycles. The van der Waals surface area contributed by atoms with Crippen molar-refractivity contribution >= 4 is 5.91 Å². The number of ether oxygens (including phenoxy) is 2. The summed E-state index contributed by atoms with van der Waals surface area (Å²) in [5.41, 5.74) is 0.512. The molecular weight excluding hydrogens is 263 g/mol. The van der Waals surface area contributed by atoms with Gasteiger partial charge in [0.05, 0.1) is 14.2 Å². The van der Waals surface area contributed by atoms with Crippen LogP contribution < -0.4 is 9.47 Å². The lowest BCUT2D eigenvalue weighted by Crippen LogP contribution is -2.37. The maximum absolute atomic E-state index is 12.2. The fourth-order valence-electron chi connectivity index (χ4n) is 1.54. The van der Waals surface area contributed by atoms with Crippen LogP contribution in [-0.2, 0) is 11.3 Å². The van der Waals surface area contributed by atoms with E-state index < -0.39 is 12.1 Å². The molecule has 0 bridgehead atoms. The summed E-state index contributed by atoms with van der Waals surface area (Å²) in [5.74, 6) is -1.02. The molecular formula is C12H14F3NO3. The zero-order valence-corrected chi connectivity index (χ0v) is 10.7. The normalized spacial score (nSPS) is 11.1. The van der Waals surface area contributed by atoms with Crippen LogP contribution in [0.2, 0.25) is 0 Å². The molecule has 1 aromatic rings. The molecule has 7 heteroatoms. The Kier molecular flexibility index (Phi) is 4.63. The molecule has 0 heterocycles. The molecule has 0 atom stereocenters. The van der Waals surface area contributed by atoms with Gasteiger partial charge in [-0.1, -0.05) is 6.07 Å². The van der Waals surface area contributed by atoms with Gasteiger partial charge in [-0.25, -0.2) is 0 Å². The minimum atomic E-state index is -4.87. The second kappa shape index (κ2) is 5.81. The molecule has 0 spiro atoms. The minimum Gasteiger partial charge on any atom is -0.493 e. The Hall–Kier alpha value is -1.92. The Morgan fingerprint density at radius 2 is 1.79 bits per heavy atom. The highest BCUT2D eigenvalue weighted by Gasteiger charge is 2.41. The third-order valence-corrected chi connectivity index (χ3v) is 2.46. The van der Waals surface area contributed by atoms with Gasteiger partial charge in [-0.05, 0) is 17.7 Å². The van der Waals surface area contributed by atoms with Gasteiger partial charge in [-0.15, -0.1) is 0 Å². The van der Waals surface area contributed by atoms with Crippen molar-refractivity contribution in [2.24, 2.45) is 0 Å². The first-order valence-corrected chi connectivity index (χ1v) is 5.32. The molecule has 0 saturated carbocycles. The Morgan fingerprint density at radius 3 is 2.26 bits per heavy atom. The second-order valence-electron chi connectivity index (χ2n) is 3.85. The van der Waals surface area contributed by atoms with Crippen LogP contribution in [0, 0.1) is 0 Å². The van der Waals surface area contributed by atoms with E-state index in [-0.39, 0.29) is 6.54 Å². The number of hydrogen-bond donors (Lipinski definition) is 0. The van der Waals surface area contributed by atoms with E-state index in [1.165, 1.54) is 20.3 Å². The quantitative estimate of drug-likeness (QED) is 0.847. The highest BCUT2D eigenvalue weighted by Crippen LogP contribution is 2.28. The lowest BCUT2D eigenvalue weighted by Gasteiger charge is -2.19. The van der Waals surface area contributed by atoms with Crippen LogP contribution in [-0.4, -0.2) is 38.3 Å². The van der Waals surface area contributed by atoms with Crippen LogP contribution in [0.3, 0.4) is 0 Å². The van der Waals surface area contributed by atoms with Crippen LogP contribution in [0.15, 0.2) is 18.2 Å². The van der Waals surface area contributed by atoms with Crippen molar-refractivity contribution in [1.29, 1.82) is 0 Å². The van der Waals surface area contributed by atoms with Gasteiger partial charge in [-0.2, -0.15) is 13.2 Å². The van der Waals surface area contributed by atoms with Crippen molar-refractivity contribution < 1.29 is 27.4 Å². The molecule has 4 nitrogen and oxygen atoms in total. The van der Waals surface area contributed by atoms with Crippen LogP contribution in [0.4, 0.5) is 13.2 Å². The van der Waals surface area contributed by atoms with Gasteiger partial charge in [0, 0.05) is 13.6 Å². The molecule has 0 fully saturated rings. The van der Waals surface area contributed by atoms with E-state index in [1.807, 2.05) is 0 Å². The van der Waals surface area contributed by atoms with Crippen molar-refractivity contribution in [3.05, 3.63) is 23.8 Å². The zero-order chi connectivity index (χ0) is 14.6. The predicted octanol–water partition coefficient (Wildman–Crippen LogP) is 2.22. The molecule has 0 radical (unpaired) electrons. The standard InChI is InChI=1S/C12H14F3NO3/c1-16(11(17)12(13,14)15)7-8-4-5-9(18-2)10(6-8)19-3/h4-6H,7H2,1-3H3. The number of alkyl halides is 3. The van der Waals surface area contributed by atoms with Crippen LogP contribution in [0.1, 0.15) is 5.56 Å². The summed E-state index contributed by atoms with van der Waals surface area (Å²) < 4.78 is 46.7. The molecule has 0 aromatic heterocycles. The van der Waals surface area contributed by atoms with Gasteiger partial charge in [0.15, 0.2) is 11.5 Å². The third-order valence-electron chi connectivity index (χ3n) is 2.46. The summed E-state index contributed by atoms with van der Waals surface area (Å²) in [7, 11) is 3.97. The fourth-order valence-corrected chi connectivity index (χ4v) is 1.54. The average Bonchev–Trinajstić information content (AvgIpc) is 2.36. The molecule has 0 aliphatic rings. The molecule has 1 rings (SSSR count). The van der Waals surface area contributed by atoms with Crippen molar-refractivity contribution in [2.75, 3.05) is 21.3 Å². The van der Waals surface area contributed by atoms with Gasteiger partial charge < -0.3 is 14.4 Å². The monoisotopic (exact) mass is 277 g/mol. The maximum Gasteiger partial charge on any atom is 0.471 e. The van der Waals surface area contributed by atoms with Crippen LogP contribution >= 0.6 is 0 Å². The smallest absolute Gasteiger partial charge is 0.471 e. The van der Waals surface area contributed by atoms with E-state index in [9.17, 15) is 18.0 Å². The summed E-state index contributed by atoms with van der Waals surface area (Å²) in [6, 6.07) is 4.67. The first-order chi connectivity index (χ1) is 8.79. The Bertz CT molecular complexity index is 460. The van der Waals surface area contributed by atoms with Crippen molar-refractivity contribution in [3.8, 4) is 11.5 Å². The van der Waals surface area contributed by atoms with Gasteiger partial charge in [0.25, 0.3) is 0 Å². The van der Waals surface area contributed by atoms with Crippen LogP contribution in [0.5, 0.6) is 11.5 Å². The molecule has 19 heavy (non-hydrogen) atoms. The summed E-state index contributed by atoms with van der Waals surface area (Å²) in [4.78, 5) is 11.6. The molecule has 0 aliphatic carbocycles. The number of amides is 1. The average molecular weight is 277 g/mol. The number of halogens is 3. The van der Waals surface area contributed by atoms with Gasteiger partial charge >= 0.3 is 12.1 Å². The molecule has 0 unspecified atom stereocenters. The summed E-state index contributed by atoms with van der Waals surface area (Å²) in [5, 5.41) is 0. The number of carbonyl (C=O) groups excluding carboxylic acids is 1. The SMILES string of the molecule is COc1ccc(CN(C)C(=O)C(F)(F)F)cc1OC. The molecule has 1 amide bonds. The number of rotatable bonds is 4. The Morgan fingerprint density at radius 1 is 1.21 bits per heavy atom. The lowest BCUT2D eigenvalue weighted by atomic mass is 10.2. The van der Waals surface area contributed by atoms with E-state index in [2.05, 4.69) is 0 Å². The highest BCUT2D eigenvalue weighted by atomic mass is 19.4. The highest BCUT2D eigenvalue weighted by molar-refractivity contribution is 5.81. The topological polar surface area (TPSA) is 38.8 Å². The largest absolute Gasteiger partial charge is 0.493 e. The number of methoxy groups -OCH3 is 2. The van der Waals surface area contributed by atoms with Gasteiger partial charge in [0.1, 0.15) is 0 Å². The maximum atomic E-state index is 12.2. The van der Waals surface area contributed by atoms with Gasteiger partial charge in [0.2, 0.25) is 0 Å². The number of hydrogen-bond acceptors (Lipinski definition) is 3. The minimum absolute atomic E-state index is 0.168. The summed E-state index contributed by atoms with van der Waals surface area (Å²) >= 11 is 0. The third kappa shape index (κ3) is 3.77. The van der Waals surface area contributed by atoms with E-state index >= 15 is 0 Å². The predicted molar refractivity (Wildman–Crippen MR) is 62.1 cm³/mol. The fraction of sp³-hybridized carbons (Fsp3) is 0.417. The molecule has 106 valence electrons. The summed E-state index contributed by atoms with van der Waals surface area (Å²) in [6.07, 6.45) is -4.87. The van der Waals surface area contributed by atoms with Crippen molar-refractivity contribution in [2.45, 2.75) is 12.7 Å². The second-order valence-corrected chi connectivity index (χ2v) is 3.85. The van der Waals surface area contributed by atoms with Crippen LogP contribution in [0.25, 0.3) is 0 Å². The summed E-state index contributed by atoms with van der Waals surface area (Å²) in [6.45, 7) is -0.168. The van der Waals surface area contributed by atoms with Crippen molar-refractivity contribution in [1.82, 2.24) is 4.90 Å². The lowest BCUT2D eigenvalue weighted by molar-refractivity contribution is -0.184. The Balaban J connectivity index is 2.86. The first kappa shape index (κ1) is 15.1. The van der Waals surface area contributed by atoms with E-state index in [4.69, 9.17) is 9.47 Å². The van der Waals surface area contributed by atoms with E-state index in [0.29, 0.717) is 22.0 Å². The van der Waals surface area contributed by atoms with E-state index in [0.717, 1.165) is 7.05 Å². The zero-order valence-electron chi connectivity index (χ0n) is 10.7.